The first-order valence-electron chi connectivity index (χ1n) is 4.37. The molecule has 0 amide bonds. The zero-order valence-corrected chi connectivity index (χ0v) is 9.57. The maximum absolute atomic E-state index is 13.2. The van der Waals surface area contributed by atoms with Crippen LogP contribution in [0.2, 0.25) is 5.02 Å². The van der Waals surface area contributed by atoms with Crippen molar-refractivity contribution in [3.63, 3.8) is 0 Å². The number of thiophene rings is 1. The zero-order valence-electron chi connectivity index (χ0n) is 8.00. The topological polar surface area (TPSA) is 49.8 Å². The van der Waals surface area contributed by atoms with E-state index in [2.05, 4.69) is 0 Å². The maximum atomic E-state index is 13.2. The van der Waals surface area contributed by atoms with Crippen LogP contribution in [0.5, 0.6) is 0 Å². The minimum atomic E-state index is -0.482. The van der Waals surface area contributed by atoms with E-state index < -0.39 is 5.82 Å². The van der Waals surface area contributed by atoms with E-state index in [-0.39, 0.29) is 5.02 Å². The van der Waals surface area contributed by atoms with Crippen LogP contribution in [0.3, 0.4) is 0 Å². The van der Waals surface area contributed by atoms with Crippen LogP contribution in [0.15, 0.2) is 24.3 Å². The lowest BCUT2D eigenvalue weighted by Crippen LogP contribution is -1.82. The van der Waals surface area contributed by atoms with Crippen molar-refractivity contribution in [3.05, 3.63) is 40.0 Å². The fraction of sp³-hybridized carbons (Fsp3) is 0. The third kappa shape index (κ3) is 1.75. The normalized spacial score (nSPS) is 10.1. The Hall–Kier alpha value is -1.57. The van der Waals surface area contributed by atoms with Gasteiger partial charge in [-0.2, -0.15) is 5.26 Å². The highest BCUT2D eigenvalue weighted by atomic mass is 35.5. The molecule has 0 aliphatic carbocycles. The van der Waals surface area contributed by atoms with Crippen LogP contribution in [0.1, 0.15) is 4.88 Å². The fourth-order valence-corrected chi connectivity index (χ4v) is 2.51. The number of rotatable bonds is 1. The second kappa shape index (κ2) is 4.12. The van der Waals surface area contributed by atoms with Gasteiger partial charge in [-0.15, -0.1) is 11.3 Å². The third-order valence-corrected chi connectivity index (χ3v) is 3.55. The summed E-state index contributed by atoms with van der Waals surface area (Å²) in [5.41, 5.74) is 6.58. The summed E-state index contributed by atoms with van der Waals surface area (Å²) < 4.78 is 13.2. The summed E-state index contributed by atoms with van der Waals surface area (Å²) in [7, 11) is 0. The molecule has 0 spiro atoms. The van der Waals surface area contributed by atoms with Crippen molar-refractivity contribution in [1.82, 2.24) is 0 Å². The molecule has 2 rings (SSSR count). The second-order valence-electron chi connectivity index (χ2n) is 3.11. The quantitative estimate of drug-likeness (QED) is 0.842. The molecular weight excluding hydrogens is 247 g/mol. The average Bonchev–Trinajstić information content (AvgIpc) is 2.63. The monoisotopic (exact) mass is 252 g/mol. The van der Waals surface area contributed by atoms with Crippen LogP contribution in [-0.4, -0.2) is 0 Å². The highest BCUT2D eigenvalue weighted by Gasteiger charge is 2.12. The molecule has 80 valence electrons. The van der Waals surface area contributed by atoms with Crippen molar-refractivity contribution in [2.75, 3.05) is 5.73 Å². The molecule has 1 heterocycles. The summed E-state index contributed by atoms with van der Waals surface area (Å²) >= 11 is 7.04. The molecule has 0 saturated carbocycles. The van der Waals surface area contributed by atoms with Crippen molar-refractivity contribution in [3.8, 4) is 16.5 Å². The van der Waals surface area contributed by atoms with E-state index in [9.17, 15) is 4.39 Å². The first-order chi connectivity index (χ1) is 7.63. The Bertz CT molecular complexity index is 586. The molecule has 0 radical (unpaired) electrons. The number of nitriles is 1. The number of halogens is 2. The Labute approximate surface area is 101 Å². The molecule has 0 bridgehead atoms. The Kier molecular flexibility index (Phi) is 2.82. The van der Waals surface area contributed by atoms with Crippen molar-refractivity contribution < 1.29 is 4.39 Å². The van der Waals surface area contributed by atoms with Gasteiger partial charge >= 0.3 is 0 Å². The first-order valence-corrected chi connectivity index (χ1v) is 5.56. The van der Waals surface area contributed by atoms with Crippen LogP contribution in [-0.2, 0) is 0 Å². The summed E-state index contributed by atoms with van der Waals surface area (Å²) in [6, 6.07) is 8.15. The third-order valence-electron chi connectivity index (χ3n) is 2.08. The zero-order chi connectivity index (χ0) is 11.7. The lowest BCUT2D eigenvalue weighted by atomic mass is 10.2. The van der Waals surface area contributed by atoms with E-state index >= 15 is 0 Å². The van der Waals surface area contributed by atoms with Gasteiger partial charge in [0.05, 0.1) is 10.7 Å². The van der Waals surface area contributed by atoms with Crippen molar-refractivity contribution in [2.24, 2.45) is 0 Å². The van der Waals surface area contributed by atoms with E-state index in [1.54, 1.807) is 18.2 Å². The molecule has 0 aliphatic heterocycles. The van der Waals surface area contributed by atoms with Gasteiger partial charge in [-0.25, -0.2) is 4.39 Å². The number of anilines is 1. The number of hydrogen-bond acceptors (Lipinski definition) is 3. The number of benzene rings is 1. The van der Waals surface area contributed by atoms with Gasteiger partial charge in [0, 0.05) is 10.4 Å². The van der Waals surface area contributed by atoms with E-state index in [1.807, 2.05) is 6.07 Å². The lowest BCUT2D eigenvalue weighted by Gasteiger charge is -2.01. The Morgan fingerprint density at radius 2 is 2.19 bits per heavy atom. The molecule has 2 aromatic rings. The molecule has 0 saturated heterocycles. The van der Waals surface area contributed by atoms with E-state index in [0.29, 0.717) is 21.0 Å². The van der Waals surface area contributed by atoms with Gasteiger partial charge in [0.2, 0.25) is 0 Å². The molecule has 0 atom stereocenters. The number of hydrogen-bond donors (Lipinski definition) is 1. The Balaban J connectivity index is 2.60. The summed E-state index contributed by atoms with van der Waals surface area (Å²) in [5.74, 6) is -0.482. The van der Waals surface area contributed by atoms with Gasteiger partial charge in [-0.3, -0.25) is 0 Å². The predicted octanol–water partition coefficient (Wildman–Crippen LogP) is 3.66. The van der Waals surface area contributed by atoms with Gasteiger partial charge in [0.15, 0.2) is 0 Å². The maximum Gasteiger partial charge on any atom is 0.142 e. The molecule has 5 heteroatoms. The van der Waals surface area contributed by atoms with E-state index in [0.717, 1.165) is 0 Å². The Morgan fingerprint density at radius 1 is 1.44 bits per heavy atom. The van der Waals surface area contributed by atoms with Crippen molar-refractivity contribution in [1.29, 1.82) is 5.26 Å². The van der Waals surface area contributed by atoms with E-state index in [1.165, 1.54) is 17.4 Å². The summed E-state index contributed by atoms with van der Waals surface area (Å²) in [6.45, 7) is 0. The Morgan fingerprint density at radius 3 is 2.81 bits per heavy atom. The highest BCUT2D eigenvalue weighted by molar-refractivity contribution is 7.16. The van der Waals surface area contributed by atoms with E-state index in [4.69, 9.17) is 22.6 Å². The SMILES string of the molecule is N#Cc1sc(-c2cccc(F)c2Cl)cc1N. The second-order valence-corrected chi connectivity index (χ2v) is 4.54. The van der Waals surface area contributed by atoms with Crippen LogP contribution < -0.4 is 5.73 Å². The fourth-order valence-electron chi connectivity index (χ4n) is 1.32. The molecule has 1 aromatic carbocycles. The van der Waals surface area contributed by atoms with Gasteiger partial charge in [0.1, 0.15) is 16.8 Å². The predicted molar refractivity (Wildman–Crippen MR) is 63.9 cm³/mol. The molecule has 2 N–H and O–H groups in total. The summed E-state index contributed by atoms with van der Waals surface area (Å²) in [5, 5.41) is 8.83. The summed E-state index contributed by atoms with van der Waals surface area (Å²) in [4.78, 5) is 1.11. The molecule has 16 heavy (non-hydrogen) atoms. The summed E-state index contributed by atoms with van der Waals surface area (Å²) in [6.07, 6.45) is 0. The van der Waals surface area contributed by atoms with Crippen LogP contribution >= 0.6 is 22.9 Å². The molecule has 0 aliphatic rings. The minimum Gasteiger partial charge on any atom is -0.397 e. The van der Waals surface area contributed by atoms with Gasteiger partial charge in [-0.1, -0.05) is 23.7 Å². The number of nitrogen functional groups attached to an aromatic ring is 1. The number of nitrogens with zero attached hydrogens (tertiary/aromatic N) is 1. The largest absolute Gasteiger partial charge is 0.397 e. The number of nitrogens with two attached hydrogens (primary N) is 1. The van der Waals surface area contributed by atoms with Gasteiger partial charge in [0.25, 0.3) is 0 Å². The molecule has 1 aromatic heterocycles. The average molecular weight is 253 g/mol. The van der Waals surface area contributed by atoms with Crippen LogP contribution in [0.4, 0.5) is 10.1 Å². The van der Waals surface area contributed by atoms with Crippen molar-refractivity contribution in [2.45, 2.75) is 0 Å². The smallest absolute Gasteiger partial charge is 0.142 e. The molecular formula is C11H6ClFN2S. The molecule has 2 nitrogen and oxygen atoms in total. The standard InChI is InChI=1S/C11H6ClFN2S/c12-11-6(2-1-3-7(11)13)9-4-8(15)10(5-14)16-9/h1-4H,15H2. The first kappa shape index (κ1) is 10.9. The molecule has 0 fully saturated rings. The highest BCUT2D eigenvalue weighted by Crippen LogP contribution is 2.37. The van der Waals surface area contributed by atoms with Crippen molar-refractivity contribution >= 4 is 28.6 Å². The minimum absolute atomic E-state index is 0.0493. The van der Waals surface area contributed by atoms with Gasteiger partial charge in [-0.05, 0) is 12.1 Å². The lowest BCUT2D eigenvalue weighted by molar-refractivity contribution is 0.629. The van der Waals surface area contributed by atoms with Crippen LogP contribution in [0, 0.1) is 17.1 Å². The molecule has 0 unspecified atom stereocenters. The van der Waals surface area contributed by atoms with Gasteiger partial charge < -0.3 is 5.73 Å². The van der Waals surface area contributed by atoms with Crippen LogP contribution in [0.25, 0.3) is 10.4 Å².